The molecule has 2 heterocycles. The molecule has 110 valence electrons. The Kier molecular flexibility index (Phi) is 3.60. The molecule has 5 nitrogen and oxygen atoms in total. The lowest BCUT2D eigenvalue weighted by Gasteiger charge is -2.07. The second-order valence-electron chi connectivity index (χ2n) is 4.48. The van der Waals surface area contributed by atoms with Crippen LogP contribution in [0.5, 0.6) is 0 Å². The maximum atomic E-state index is 13.0. The normalized spacial score (nSPS) is 10.6. The molecular weight excluding hydrogens is 309 g/mol. The first kappa shape index (κ1) is 14.2. The number of rotatable bonds is 2. The summed E-state index contributed by atoms with van der Waals surface area (Å²) >= 11 is 5.84. The van der Waals surface area contributed by atoms with Gasteiger partial charge in [0.2, 0.25) is 0 Å². The highest BCUT2D eigenvalue weighted by molar-refractivity contribution is 6.33. The van der Waals surface area contributed by atoms with Gasteiger partial charge in [-0.25, -0.2) is 9.37 Å². The zero-order valence-corrected chi connectivity index (χ0v) is 11.8. The first-order valence-corrected chi connectivity index (χ1v) is 6.67. The first-order valence-electron chi connectivity index (χ1n) is 6.29. The molecule has 1 aromatic carbocycles. The van der Waals surface area contributed by atoms with Gasteiger partial charge in [-0.2, -0.15) is 0 Å². The van der Waals surface area contributed by atoms with E-state index in [1.807, 2.05) is 0 Å². The molecule has 22 heavy (non-hydrogen) atoms. The van der Waals surface area contributed by atoms with Crippen molar-refractivity contribution in [2.75, 3.05) is 5.32 Å². The summed E-state index contributed by atoms with van der Waals surface area (Å²) < 4.78 is 14.3. The number of nitrogens with zero attached hydrogens (tertiary/aromatic N) is 2. The molecule has 0 aliphatic carbocycles. The monoisotopic (exact) mass is 317 g/mol. The third kappa shape index (κ3) is 2.56. The van der Waals surface area contributed by atoms with E-state index in [0.717, 1.165) is 12.1 Å². The van der Waals surface area contributed by atoms with Crippen LogP contribution in [0.25, 0.3) is 5.65 Å². The Hall–Kier alpha value is -2.73. The van der Waals surface area contributed by atoms with E-state index < -0.39 is 17.3 Å². The number of anilines is 1. The van der Waals surface area contributed by atoms with E-state index in [9.17, 15) is 14.0 Å². The molecule has 0 unspecified atom stereocenters. The van der Waals surface area contributed by atoms with Gasteiger partial charge in [0.15, 0.2) is 0 Å². The van der Waals surface area contributed by atoms with Crippen LogP contribution in [0.1, 0.15) is 10.4 Å². The molecular formula is C15H9ClFN3O2. The second kappa shape index (κ2) is 5.57. The van der Waals surface area contributed by atoms with Gasteiger partial charge in [0, 0.05) is 12.4 Å². The Labute approximate surface area is 129 Å². The van der Waals surface area contributed by atoms with Gasteiger partial charge in [0.25, 0.3) is 11.5 Å². The van der Waals surface area contributed by atoms with Gasteiger partial charge in [-0.05, 0) is 30.3 Å². The fourth-order valence-electron chi connectivity index (χ4n) is 1.96. The highest BCUT2D eigenvalue weighted by atomic mass is 35.5. The van der Waals surface area contributed by atoms with E-state index in [1.54, 1.807) is 18.2 Å². The van der Waals surface area contributed by atoms with Crippen LogP contribution in [0.4, 0.5) is 10.1 Å². The van der Waals surface area contributed by atoms with E-state index >= 15 is 0 Å². The lowest BCUT2D eigenvalue weighted by atomic mass is 10.2. The van der Waals surface area contributed by atoms with Gasteiger partial charge in [-0.1, -0.05) is 17.7 Å². The molecule has 1 amide bonds. The predicted molar refractivity (Wildman–Crippen MR) is 80.8 cm³/mol. The quantitative estimate of drug-likeness (QED) is 0.790. The fraction of sp³-hybridized carbons (Fsp3) is 0. The van der Waals surface area contributed by atoms with E-state index in [2.05, 4.69) is 10.3 Å². The molecule has 0 fully saturated rings. The van der Waals surface area contributed by atoms with E-state index in [0.29, 0.717) is 5.65 Å². The van der Waals surface area contributed by atoms with Crippen LogP contribution in [0.3, 0.4) is 0 Å². The number of carbonyl (C=O) groups excluding carboxylic acids is 1. The van der Waals surface area contributed by atoms with E-state index in [-0.39, 0.29) is 16.3 Å². The average Bonchev–Trinajstić information content (AvgIpc) is 2.50. The van der Waals surface area contributed by atoms with Crippen molar-refractivity contribution in [3.05, 3.63) is 75.5 Å². The molecule has 0 atom stereocenters. The molecule has 0 saturated heterocycles. The van der Waals surface area contributed by atoms with Crippen molar-refractivity contribution >= 4 is 28.8 Å². The Morgan fingerprint density at radius 3 is 2.86 bits per heavy atom. The zero-order valence-electron chi connectivity index (χ0n) is 11.1. The number of aromatic nitrogens is 2. The SMILES string of the molecule is O=C(Nc1ccc(F)cc1Cl)c1cnc2ccccn2c1=O. The summed E-state index contributed by atoms with van der Waals surface area (Å²) in [5.74, 6) is -1.18. The first-order chi connectivity index (χ1) is 10.6. The van der Waals surface area contributed by atoms with E-state index in [1.165, 1.54) is 22.9 Å². The summed E-state index contributed by atoms with van der Waals surface area (Å²) in [7, 11) is 0. The largest absolute Gasteiger partial charge is 0.320 e. The summed E-state index contributed by atoms with van der Waals surface area (Å²) in [6.07, 6.45) is 2.72. The van der Waals surface area contributed by atoms with Gasteiger partial charge < -0.3 is 5.32 Å². The van der Waals surface area contributed by atoms with Crippen LogP contribution in [-0.4, -0.2) is 15.3 Å². The number of hydrogen-bond donors (Lipinski definition) is 1. The smallest absolute Gasteiger partial charge is 0.270 e. The van der Waals surface area contributed by atoms with Gasteiger partial charge in [-0.3, -0.25) is 14.0 Å². The molecule has 0 radical (unpaired) electrons. The highest BCUT2D eigenvalue weighted by Crippen LogP contribution is 2.22. The Morgan fingerprint density at radius 2 is 2.09 bits per heavy atom. The summed E-state index contributed by atoms with van der Waals surface area (Å²) in [6, 6.07) is 8.60. The van der Waals surface area contributed by atoms with Crippen LogP contribution in [0.2, 0.25) is 5.02 Å². The molecule has 1 N–H and O–H groups in total. The van der Waals surface area contributed by atoms with Gasteiger partial charge in [0.05, 0.1) is 10.7 Å². The van der Waals surface area contributed by atoms with Crippen molar-refractivity contribution in [2.45, 2.75) is 0 Å². The van der Waals surface area contributed by atoms with Gasteiger partial charge >= 0.3 is 0 Å². The zero-order chi connectivity index (χ0) is 15.7. The van der Waals surface area contributed by atoms with Crippen molar-refractivity contribution in [2.24, 2.45) is 0 Å². The van der Waals surface area contributed by atoms with Crippen molar-refractivity contribution in [3.8, 4) is 0 Å². The van der Waals surface area contributed by atoms with Crippen LogP contribution in [0.15, 0.2) is 53.6 Å². The highest BCUT2D eigenvalue weighted by Gasteiger charge is 2.14. The number of pyridine rings is 1. The summed E-state index contributed by atoms with van der Waals surface area (Å²) in [4.78, 5) is 28.5. The minimum absolute atomic E-state index is 0.0437. The number of fused-ring (bicyclic) bond motifs is 1. The Bertz CT molecular complexity index is 939. The molecule has 0 saturated carbocycles. The molecule has 0 aliphatic rings. The molecule has 3 rings (SSSR count). The van der Waals surface area contributed by atoms with E-state index in [4.69, 9.17) is 11.6 Å². The molecule has 0 bridgehead atoms. The van der Waals surface area contributed by atoms with Crippen LogP contribution >= 0.6 is 11.6 Å². The number of benzene rings is 1. The van der Waals surface area contributed by atoms with Crippen molar-refractivity contribution in [1.82, 2.24) is 9.38 Å². The third-order valence-corrected chi connectivity index (χ3v) is 3.35. The average molecular weight is 318 g/mol. The van der Waals surface area contributed by atoms with Crippen molar-refractivity contribution in [1.29, 1.82) is 0 Å². The van der Waals surface area contributed by atoms with Crippen LogP contribution in [0, 0.1) is 5.82 Å². The fourth-order valence-corrected chi connectivity index (χ4v) is 2.18. The number of hydrogen-bond acceptors (Lipinski definition) is 3. The molecule has 7 heteroatoms. The number of amides is 1. The molecule has 0 aliphatic heterocycles. The molecule has 2 aromatic heterocycles. The minimum atomic E-state index is -0.663. The molecule has 0 spiro atoms. The maximum absolute atomic E-state index is 13.0. The van der Waals surface area contributed by atoms with Gasteiger partial charge in [0.1, 0.15) is 17.0 Å². The lowest BCUT2D eigenvalue weighted by Crippen LogP contribution is -2.26. The molecule has 3 aromatic rings. The van der Waals surface area contributed by atoms with Crippen molar-refractivity contribution in [3.63, 3.8) is 0 Å². The topological polar surface area (TPSA) is 63.5 Å². The number of nitrogens with one attached hydrogen (secondary N) is 1. The second-order valence-corrected chi connectivity index (χ2v) is 4.89. The summed E-state index contributed by atoms with van der Waals surface area (Å²) in [5.41, 5.74) is 0.0138. The maximum Gasteiger partial charge on any atom is 0.270 e. The van der Waals surface area contributed by atoms with Crippen molar-refractivity contribution < 1.29 is 9.18 Å². The number of halogens is 2. The third-order valence-electron chi connectivity index (χ3n) is 3.04. The standard InChI is InChI=1S/C15H9ClFN3O2/c16-11-7-9(17)4-5-12(11)19-14(21)10-8-18-13-3-1-2-6-20(13)15(10)22/h1-8H,(H,19,21). The lowest BCUT2D eigenvalue weighted by molar-refractivity contribution is 0.102. The van der Waals surface area contributed by atoms with Crippen LogP contribution < -0.4 is 10.9 Å². The number of carbonyl (C=O) groups is 1. The van der Waals surface area contributed by atoms with Gasteiger partial charge in [-0.15, -0.1) is 0 Å². The minimum Gasteiger partial charge on any atom is -0.320 e. The summed E-state index contributed by atoms with van der Waals surface area (Å²) in [6.45, 7) is 0. The Morgan fingerprint density at radius 1 is 1.27 bits per heavy atom. The summed E-state index contributed by atoms with van der Waals surface area (Å²) in [5, 5.41) is 2.51. The Balaban J connectivity index is 1.99. The van der Waals surface area contributed by atoms with Crippen LogP contribution in [-0.2, 0) is 0 Å². The predicted octanol–water partition coefficient (Wildman–Crippen LogP) is 2.74.